The lowest BCUT2D eigenvalue weighted by molar-refractivity contribution is -0.176. The van der Waals surface area contributed by atoms with Crippen LogP contribution in [0.2, 0.25) is 0 Å². The third kappa shape index (κ3) is 2.76. The molecular weight excluding hydrogens is 301 g/mol. The number of nitrogens with two attached hydrogens (primary N) is 1. The van der Waals surface area contributed by atoms with Crippen LogP contribution in [0.15, 0.2) is 6.07 Å². The van der Waals surface area contributed by atoms with Gasteiger partial charge in [-0.05, 0) is 25.8 Å². The number of halogens is 3. The summed E-state index contributed by atoms with van der Waals surface area (Å²) in [5.41, 5.74) is 5.70. The van der Waals surface area contributed by atoms with Crippen molar-refractivity contribution in [2.75, 3.05) is 23.7 Å². The van der Waals surface area contributed by atoms with E-state index in [0.717, 1.165) is 15.1 Å². The van der Waals surface area contributed by atoms with Gasteiger partial charge >= 0.3 is 6.18 Å². The van der Waals surface area contributed by atoms with Gasteiger partial charge in [0, 0.05) is 18.0 Å². The first-order valence-corrected chi connectivity index (χ1v) is 7.51. The predicted octanol–water partition coefficient (Wildman–Crippen LogP) is 3.36. The van der Waals surface area contributed by atoms with Gasteiger partial charge in [0.25, 0.3) is 0 Å². The highest BCUT2D eigenvalue weighted by Gasteiger charge is 2.42. The molecule has 0 amide bonds. The van der Waals surface area contributed by atoms with Gasteiger partial charge in [0.2, 0.25) is 5.95 Å². The average molecular weight is 316 g/mol. The van der Waals surface area contributed by atoms with Gasteiger partial charge in [-0.3, -0.25) is 0 Å². The third-order valence-corrected chi connectivity index (χ3v) is 4.64. The number of aromatic nitrogens is 2. The summed E-state index contributed by atoms with van der Waals surface area (Å²) in [6.45, 7) is 2.43. The number of nitrogen functional groups attached to an aromatic ring is 1. The van der Waals surface area contributed by atoms with Crippen LogP contribution in [0.3, 0.4) is 0 Å². The lowest BCUT2D eigenvalue weighted by atomic mass is 9.97. The topological polar surface area (TPSA) is 55.0 Å². The minimum atomic E-state index is -4.17. The molecule has 2 aromatic rings. The maximum absolute atomic E-state index is 12.9. The first-order valence-electron chi connectivity index (χ1n) is 6.70. The molecule has 2 aromatic heterocycles. The number of alkyl halides is 3. The molecule has 1 saturated heterocycles. The molecule has 3 heterocycles. The van der Waals surface area contributed by atoms with Crippen LogP contribution in [0.4, 0.5) is 24.9 Å². The Morgan fingerprint density at radius 3 is 2.86 bits per heavy atom. The van der Waals surface area contributed by atoms with Gasteiger partial charge in [-0.25, -0.2) is 4.98 Å². The summed E-state index contributed by atoms with van der Waals surface area (Å²) in [6.07, 6.45) is -3.49. The molecular formula is C13H15F3N4S. The van der Waals surface area contributed by atoms with E-state index in [-0.39, 0.29) is 18.9 Å². The normalized spacial score (nSPS) is 20.2. The van der Waals surface area contributed by atoms with Crippen molar-refractivity contribution in [3.63, 3.8) is 0 Å². The minimum Gasteiger partial charge on any atom is -0.368 e. The second kappa shape index (κ2) is 5.01. The molecule has 1 unspecified atom stereocenters. The Morgan fingerprint density at radius 1 is 1.38 bits per heavy atom. The summed E-state index contributed by atoms with van der Waals surface area (Å²) in [4.78, 5) is 11.8. The molecule has 0 bridgehead atoms. The van der Waals surface area contributed by atoms with E-state index in [1.807, 2.05) is 13.0 Å². The highest BCUT2D eigenvalue weighted by Crippen LogP contribution is 2.37. The maximum atomic E-state index is 12.9. The molecule has 0 saturated carbocycles. The van der Waals surface area contributed by atoms with Gasteiger partial charge in [0.1, 0.15) is 10.6 Å². The second-order valence-electron chi connectivity index (χ2n) is 5.31. The number of hydrogen-bond donors (Lipinski definition) is 1. The number of anilines is 2. The van der Waals surface area contributed by atoms with Crippen LogP contribution in [0.25, 0.3) is 10.2 Å². The van der Waals surface area contributed by atoms with Crippen LogP contribution in [0.1, 0.15) is 17.7 Å². The molecule has 2 N–H and O–H groups in total. The Morgan fingerprint density at radius 2 is 2.14 bits per heavy atom. The molecule has 1 aliphatic rings. The van der Waals surface area contributed by atoms with Crippen LogP contribution in [0.5, 0.6) is 0 Å². The van der Waals surface area contributed by atoms with Crippen molar-refractivity contribution in [2.24, 2.45) is 5.92 Å². The van der Waals surface area contributed by atoms with Gasteiger partial charge < -0.3 is 10.6 Å². The number of hydrogen-bond acceptors (Lipinski definition) is 5. The van der Waals surface area contributed by atoms with Crippen molar-refractivity contribution in [3.05, 3.63) is 10.9 Å². The Balaban J connectivity index is 1.99. The van der Waals surface area contributed by atoms with E-state index in [9.17, 15) is 13.2 Å². The van der Waals surface area contributed by atoms with Crippen LogP contribution >= 0.6 is 11.3 Å². The van der Waals surface area contributed by atoms with E-state index >= 15 is 0 Å². The zero-order valence-electron chi connectivity index (χ0n) is 11.4. The Hall–Kier alpha value is -1.57. The van der Waals surface area contributed by atoms with Gasteiger partial charge in [0.05, 0.1) is 11.3 Å². The van der Waals surface area contributed by atoms with Crippen molar-refractivity contribution >= 4 is 33.3 Å². The minimum absolute atomic E-state index is 0.0655. The first kappa shape index (κ1) is 14.4. The molecule has 0 aromatic carbocycles. The smallest absolute Gasteiger partial charge is 0.368 e. The summed E-state index contributed by atoms with van der Waals surface area (Å²) >= 11 is 1.47. The fourth-order valence-electron chi connectivity index (χ4n) is 2.72. The number of piperidine rings is 1. The lowest BCUT2D eigenvalue weighted by Gasteiger charge is -2.34. The fraction of sp³-hybridized carbons (Fsp3) is 0.538. The number of thiophene rings is 1. The molecule has 3 rings (SSSR count). The van der Waals surface area contributed by atoms with Crippen molar-refractivity contribution in [2.45, 2.75) is 25.9 Å². The van der Waals surface area contributed by atoms with E-state index < -0.39 is 12.1 Å². The van der Waals surface area contributed by atoms with Crippen molar-refractivity contribution in [1.29, 1.82) is 0 Å². The molecule has 1 aliphatic heterocycles. The second-order valence-corrected chi connectivity index (χ2v) is 6.54. The van der Waals surface area contributed by atoms with Gasteiger partial charge in [-0.1, -0.05) is 0 Å². The number of fused-ring (bicyclic) bond motifs is 1. The first-order chi connectivity index (χ1) is 9.84. The molecule has 4 nitrogen and oxygen atoms in total. The van der Waals surface area contributed by atoms with Crippen LogP contribution < -0.4 is 10.6 Å². The summed E-state index contributed by atoms with van der Waals surface area (Å²) in [7, 11) is 0. The van der Waals surface area contributed by atoms with Gasteiger partial charge in [0.15, 0.2) is 0 Å². The largest absolute Gasteiger partial charge is 0.393 e. The van der Waals surface area contributed by atoms with Crippen molar-refractivity contribution < 1.29 is 13.2 Å². The number of aryl methyl sites for hydroxylation is 1. The standard InChI is InChI=1S/C13H15F3N4S/c1-7-5-9-10(18-12(17)19-11(9)21-7)20-4-2-3-8(6-20)13(14,15)16/h5,8H,2-4,6H2,1H3,(H2,17,18,19). The molecule has 21 heavy (non-hydrogen) atoms. The van der Waals surface area contributed by atoms with E-state index in [1.54, 1.807) is 4.90 Å². The quantitative estimate of drug-likeness (QED) is 0.876. The van der Waals surface area contributed by atoms with Gasteiger partial charge in [-0.15, -0.1) is 11.3 Å². The predicted molar refractivity (Wildman–Crippen MR) is 77.6 cm³/mol. The van der Waals surface area contributed by atoms with Gasteiger partial charge in [-0.2, -0.15) is 18.2 Å². The van der Waals surface area contributed by atoms with Crippen molar-refractivity contribution in [3.8, 4) is 0 Å². The zero-order chi connectivity index (χ0) is 15.2. The van der Waals surface area contributed by atoms with Crippen LogP contribution in [0, 0.1) is 12.8 Å². The Labute approximate surface area is 123 Å². The monoisotopic (exact) mass is 316 g/mol. The third-order valence-electron chi connectivity index (χ3n) is 3.70. The Kier molecular flexibility index (Phi) is 3.43. The van der Waals surface area contributed by atoms with E-state index in [1.165, 1.54) is 11.3 Å². The molecule has 0 radical (unpaired) electrons. The molecule has 0 spiro atoms. The van der Waals surface area contributed by atoms with Crippen molar-refractivity contribution in [1.82, 2.24) is 9.97 Å². The zero-order valence-corrected chi connectivity index (χ0v) is 12.3. The van der Waals surface area contributed by atoms with E-state index in [0.29, 0.717) is 18.8 Å². The summed E-state index contributed by atoms with van der Waals surface area (Å²) in [6, 6.07) is 1.91. The lowest BCUT2D eigenvalue weighted by Crippen LogP contribution is -2.42. The summed E-state index contributed by atoms with van der Waals surface area (Å²) in [5, 5.41) is 0.787. The molecule has 114 valence electrons. The SMILES string of the molecule is Cc1cc2c(N3CCCC(C(F)(F)F)C3)nc(N)nc2s1. The van der Waals surface area contributed by atoms with E-state index in [2.05, 4.69) is 9.97 Å². The van der Waals surface area contributed by atoms with Crippen LogP contribution in [-0.2, 0) is 0 Å². The number of rotatable bonds is 1. The highest BCUT2D eigenvalue weighted by atomic mass is 32.1. The molecule has 8 heteroatoms. The molecule has 1 fully saturated rings. The maximum Gasteiger partial charge on any atom is 0.393 e. The van der Waals surface area contributed by atoms with Crippen LogP contribution in [-0.4, -0.2) is 29.2 Å². The fourth-order valence-corrected chi connectivity index (χ4v) is 3.60. The summed E-state index contributed by atoms with van der Waals surface area (Å²) < 4.78 is 38.8. The molecule has 1 atom stereocenters. The average Bonchev–Trinajstić information content (AvgIpc) is 2.77. The summed E-state index contributed by atoms with van der Waals surface area (Å²) in [5.74, 6) is -0.679. The van der Waals surface area contributed by atoms with E-state index in [4.69, 9.17) is 5.73 Å². The number of nitrogens with zero attached hydrogens (tertiary/aromatic N) is 3. The Bertz CT molecular complexity index is 667. The molecule has 0 aliphatic carbocycles. The highest BCUT2D eigenvalue weighted by molar-refractivity contribution is 7.18.